The van der Waals surface area contributed by atoms with Gasteiger partial charge in [0.1, 0.15) is 0 Å². The van der Waals surface area contributed by atoms with Crippen LogP contribution in [0.1, 0.15) is 76.4 Å². The molecule has 58 heavy (non-hydrogen) atoms. The highest BCUT2D eigenvalue weighted by Crippen LogP contribution is 2.65. The summed E-state index contributed by atoms with van der Waals surface area (Å²) in [5, 5.41) is -2.87. The summed E-state index contributed by atoms with van der Waals surface area (Å²) in [6.45, 7) is 0. The van der Waals surface area contributed by atoms with E-state index in [2.05, 4.69) is 0 Å². The van der Waals surface area contributed by atoms with E-state index in [0.29, 0.717) is 0 Å². The van der Waals surface area contributed by atoms with E-state index in [9.17, 15) is 9.59 Å². The zero-order valence-corrected chi connectivity index (χ0v) is 49.3. The summed E-state index contributed by atoms with van der Waals surface area (Å²) in [7, 11) is -0.191. The van der Waals surface area contributed by atoms with Crippen LogP contribution in [0.5, 0.6) is 0 Å². The van der Waals surface area contributed by atoms with Gasteiger partial charge >= 0.3 is 0 Å². The lowest BCUT2D eigenvalue weighted by molar-refractivity contribution is 0.107. The van der Waals surface area contributed by atoms with Crippen LogP contribution in [0.3, 0.4) is 0 Å². The normalized spacial score (nSPS) is 14.7. The number of alkyl halides is 30. The largest absolute Gasteiger partial charge is 0.281 e. The highest BCUT2D eigenvalue weighted by atomic mass is 35.6. The number of hydrogen-bond donors (Lipinski definition) is 0. The van der Waals surface area contributed by atoms with Crippen molar-refractivity contribution in [3.8, 4) is 0 Å². The molecule has 0 amide bonds. The van der Waals surface area contributed by atoms with Gasteiger partial charge in [-0.1, -0.05) is 348 Å². The monoisotopic (exact) mass is 1430 g/mol. The molecule has 0 aliphatic carbocycles. The van der Waals surface area contributed by atoms with Crippen LogP contribution in [0.25, 0.3) is 0 Å². The van der Waals surface area contributed by atoms with Crippen LogP contribution in [0.2, 0.25) is 0 Å². The molecule has 0 saturated carbocycles. The van der Waals surface area contributed by atoms with Gasteiger partial charge < -0.3 is 0 Å². The van der Waals surface area contributed by atoms with Crippen molar-refractivity contribution < 1.29 is 9.59 Å². The summed E-state index contributed by atoms with van der Waals surface area (Å²) in [4.78, 5) is 29.2. The van der Waals surface area contributed by atoms with Gasteiger partial charge in [-0.2, -0.15) is 0 Å². The van der Waals surface area contributed by atoms with Gasteiger partial charge in [0, 0.05) is 66.8 Å². The Hall–Kier alpha value is 7.18. The second-order valence-corrected chi connectivity index (χ2v) is 35.1. The van der Waals surface area contributed by atoms with Gasteiger partial charge in [-0.05, 0) is 21.6 Å². The topological polar surface area (TPSA) is 34.1 Å². The predicted molar refractivity (Wildman–Crippen MR) is 269 cm³/mol. The number of benzene rings is 2. The molecule has 0 spiro atoms. The van der Waals surface area contributed by atoms with Crippen LogP contribution >= 0.6 is 370 Å². The molecule has 0 radical (unpaired) electrons. The zero-order chi connectivity index (χ0) is 46.5. The summed E-state index contributed by atoms with van der Waals surface area (Å²) in [5.74, 6) is 0. The van der Waals surface area contributed by atoms with Crippen molar-refractivity contribution in [3.05, 3.63) is 66.8 Å². The van der Waals surface area contributed by atoms with E-state index >= 15 is 0 Å². The second kappa shape index (κ2) is 20.7. The molecule has 0 bridgehead atoms. The Morgan fingerprint density at radius 3 is 0.431 bits per heavy atom. The Morgan fingerprint density at radius 2 is 0.328 bits per heavy atom. The molecular weight excluding hydrogens is 1450 g/mol. The molecule has 330 valence electrons. The zero-order valence-electron chi connectivity index (χ0n) is 25.0. The first-order valence-electron chi connectivity index (χ1n) is 12.7. The number of rotatable bonds is 2. The van der Waals surface area contributed by atoms with Crippen LogP contribution in [0.4, 0.5) is 0 Å². The van der Waals surface area contributed by atoms with Crippen LogP contribution < -0.4 is 0 Å². The maximum atomic E-state index is 14.6. The molecule has 0 heterocycles. The number of hydrogen-bond acceptors (Lipinski definition) is 4. The molecule has 0 unspecified atom stereocenters. The van der Waals surface area contributed by atoms with E-state index < -0.39 is 115 Å². The summed E-state index contributed by atoms with van der Waals surface area (Å²) in [6, 6.07) is 0. The quantitative estimate of drug-likeness (QED) is 0.222. The fourth-order valence-corrected chi connectivity index (χ4v) is 12.3. The van der Waals surface area contributed by atoms with Crippen molar-refractivity contribution in [2.45, 2.75) is 37.9 Å². The Labute approximate surface area is 486 Å². The Balaban J connectivity index is 3.40. The van der Waals surface area contributed by atoms with Gasteiger partial charge in [0.25, 0.3) is 0 Å². The SMILES string of the molecule is O=C(SSC(=O)c1c(C(Cl)(Cl)Cl)c(C(Cl)(Cl)Cl)c(C(Cl)(Cl)Cl)c(C(Cl)(Cl)Cl)c1C(Cl)(Cl)Cl)c1c(C(Cl)(Cl)Cl)c(C(Cl)(Cl)Cl)c(C(Cl)(Cl)Cl)c(C(Cl)(Cl)Cl)c1C(Cl)(Cl)Cl. The summed E-state index contributed by atoms with van der Waals surface area (Å²) in [6.07, 6.45) is 0. The average molecular weight is 1450 g/mol. The van der Waals surface area contributed by atoms with E-state index in [1.807, 2.05) is 0 Å². The smallest absolute Gasteiger partial charge is 0.231 e. The van der Waals surface area contributed by atoms with Crippen LogP contribution in [0.15, 0.2) is 0 Å². The van der Waals surface area contributed by atoms with Crippen molar-refractivity contribution in [3.63, 3.8) is 0 Å². The molecule has 2 aromatic carbocycles. The molecule has 0 aliphatic heterocycles. The lowest BCUT2D eigenvalue weighted by Crippen LogP contribution is -2.31. The van der Waals surface area contributed by atoms with Crippen molar-refractivity contribution >= 4 is 380 Å². The standard InChI is InChI=1S/C24Cl30O2S2/c25-15(26,27)3-1(4(16(28,29)30)8(20(40,41)42)11(23(49,50)51)7(3)19(37,38)39)13(55)57-58-14(56)2-5(17(31,32)33)9(21(43,44)45)12(24(52,53)54)10(22(46,47)48)6(2)18(34,35)36. The van der Waals surface area contributed by atoms with Gasteiger partial charge in [0.15, 0.2) is 0 Å². The number of carbonyl (C=O) groups excluding carboxylic acids is 2. The first-order valence-corrected chi connectivity index (χ1v) is 26.1. The van der Waals surface area contributed by atoms with E-state index in [-0.39, 0.29) is 21.6 Å². The highest BCUT2D eigenvalue weighted by molar-refractivity contribution is 8.87. The van der Waals surface area contributed by atoms with Gasteiger partial charge in [-0.15, -0.1) is 0 Å². The van der Waals surface area contributed by atoms with Crippen molar-refractivity contribution in [1.29, 1.82) is 0 Å². The van der Waals surface area contributed by atoms with Gasteiger partial charge in [-0.3, -0.25) is 9.59 Å². The third kappa shape index (κ3) is 14.9. The van der Waals surface area contributed by atoms with E-state index in [4.69, 9.17) is 348 Å². The van der Waals surface area contributed by atoms with Gasteiger partial charge in [0.2, 0.25) is 48.2 Å². The maximum Gasteiger partial charge on any atom is 0.231 e. The Bertz CT molecular complexity index is 1700. The minimum atomic E-state index is -2.89. The molecule has 0 aromatic heterocycles. The fraction of sp³-hybridized carbons (Fsp3) is 0.417. The number of carbonyl (C=O) groups is 2. The van der Waals surface area contributed by atoms with Crippen molar-refractivity contribution in [2.24, 2.45) is 0 Å². The third-order valence-electron chi connectivity index (χ3n) is 6.44. The molecule has 34 heteroatoms. The Kier molecular flexibility index (Phi) is 21.9. The first-order chi connectivity index (χ1) is 25.0. The maximum absolute atomic E-state index is 14.6. The first kappa shape index (κ1) is 61.3. The van der Waals surface area contributed by atoms with Crippen LogP contribution in [0, 0.1) is 0 Å². The van der Waals surface area contributed by atoms with E-state index in [1.165, 1.54) is 0 Å². The molecular formula is C24Cl30O2S2. The molecule has 2 nitrogen and oxygen atoms in total. The van der Waals surface area contributed by atoms with E-state index in [1.54, 1.807) is 0 Å². The Morgan fingerprint density at radius 1 is 0.224 bits per heavy atom. The summed E-state index contributed by atoms with van der Waals surface area (Å²) in [5.41, 5.74) is -10.9. The molecule has 0 fully saturated rings. The molecule has 0 N–H and O–H groups in total. The minimum Gasteiger partial charge on any atom is -0.281 e. The number of halogens is 30. The van der Waals surface area contributed by atoms with Crippen LogP contribution in [-0.4, -0.2) is 10.2 Å². The molecule has 0 aliphatic rings. The van der Waals surface area contributed by atoms with E-state index in [0.717, 1.165) is 0 Å². The second-order valence-electron chi connectivity index (χ2n) is 10.2. The lowest BCUT2D eigenvalue weighted by Gasteiger charge is -2.37. The molecule has 0 atom stereocenters. The minimum absolute atomic E-state index is 0.0956. The van der Waals surface area contributed by atoms with Gasteiger partial charge in [-0.25, -0.2) is 0 Å². The predicted octanol–water partition coefficient (Wildman–Crippen LogP) is 22.3. The summed E-state index contributed by atoms with van der Waals surface area (Å²) >= 11 is 190. The van der Waals surface area contributed by atoms with Crippen molar-refractivity contribution in [1.82, 2.24) is 0 Å². The third-order valence-corrected chi connectivity index (χ3v) is 14.1. The highest BCUT2D eigenvalue weighted by Gasteiger charge is 2.55. The molecule has 2 rings (SSSR count). The average Bonchev–Trinajstić information content (AvgIpc) is 2.91. The van der Waals surface area contributed by atoms with Crippen LogP contribution in [-0.2, 0) is 37.9 Å². The lowest BCUT2D eigenvalue weighted by atomic mass is 9.88. The summed E-state index contributed by atoms with van der Waals surface area (Å²) < 4.78 is -28.5. The van der Waals surface area contributed by atoms with Crippen molar-refractivity contribution in [2.75, 3.05) is 0 Å². The van der Waals surface area contributed by atoms with Gasteiger partial charge in [0.05, 0.1) is 0 Å². The fourth-order valence-electron chi connectivity index (χ4n) is 4.90. The molecule has 0 saturated heterocycles. The molecule has 2 aromatic rings.